The molecule has 1 aliphatic carbocycles. The highest BCUT2D eigenvalue weighted by Crippen LogP contribution is 2.56. The van der Waals surface area contributed by atoms with Crippen molar-refractivity contribution in [1.29, 1.82) is 0 Å². The van der Waals surface area contributed by atoms with Crippen LogP contribution in [0.3, 0.4) is 0 Å². The minimum absolute atomic E-state index is 0.0160. The molecule has 0 aromatic rings. The van der Waals surface area contributed by atoms with E-state index >= 15 is 0 Å². The summed E-state index contributed by atoms with van der Waals surface area (Å²) in [5.74, 6) is -0.156. The van der Waals surface area contributed by atoms with E-state index in [2.05, 4.69) is 20.8 Å². The van der Waals surface area contributed by atoms with Crippen molar-refractivity contribution >= 4 is 11.9 Å². The van der Waals surface area contributed by atoms with E-state index in [0.717, 1.165) is 12.8 Å². The van der Waals surface area contributed by atoms with E-state index in [9.17, 15) is 9.59 Å². The maximum Gasteiger partial charge on any atom is 0.302 e. The third-order valence-electron chi connectivity index (χ3n) is 4.70. The topological polar surface area (TPSA) is 52.6 Å². The van der Waals surface area contributed by atoms with E-state index in [1.54, 1.807) is 0 Å². The standard InChI is InChI=1S/C14H24O4/c1-10(15)17-8-12-6-7-14(5,13(12,3)4)9-18-11(2)16/h12H,6-9H2,1-5H3. The zero-order chi connectivity index (χ0) is 14.0. The molecular formula is C14H24O4. The number of carbonyl (C=O) groups is 2. The van der Waals surface area contributed by atoms with Gasteiger partial charge in [0.2, 0.25) is 0 Å². The Labute approximate surface area is 109 Å². The zero-order valence-corrected chi connectivity index (χ0v) is 12.0. The smallest absolute Gasteiger partial charge is 0.302 e. The van der Waals surface area contributed by atoms with Crippen LogP contribution in [0.2, 0.25) is 0 Å². The molecule has 1 rings (SSSR count). The average Bonchev–Trinajstić information content (AvgIpc) is 2.46. The summed E-state index contributed by atoms with van der Waals surface area (Å²) in [7, 11) is 0. The van der Waals surface area contributed by atoms with Gasteiger partial charge in [-0.05, 0) is 24.2 Å². The van der Waals surface area contributed by atoms with Crippen LogP contribution in [0, 0.1) is 16.7 Å². The van der Waals surface area contributed by atoms with Gasteiger partial charge < -0.3 is 9.47 Å². The lowest BCUT2D eigenvalue weighted by molar-refractivity contribution is -0.148. The summed E-state index contributed by atoms with van der Waals surface area (Å²) in [6, 6.07) is 0. The van der Waals surface area contributed by atoms with Crippen molar-refractivity contribution in [3.05, 3.63) is 0 Å². The molecule has 1 aliphatic rings. The largest absolute Gasteiger partial charge is 0.466 e. The number of ether oxygens (including phenoxy) is 2. The van der Waals surface area contributed by atoms with Gasteiger partial charge in [0.1, 0.15) is 0 Å². The maximum absolute atomic E-state index is 11.0. The zero-order valence-electron chi connectivity index (χ0n) is 12.0. The van der Waals surface area contributed by atoms with Gasteiger partial charge in [-0.25, -0.2) is 0 Å². The summed E-state index contributed by atoms with van der Waals surface area (Å²) in [4.78, 5) is 21.9. The summed E-state index contributed by atoms with van der Waals surface area (Å²) < 4.78 is 10.3. The highest BCUT2D eigenvalue weighted by Gasteiger charge is 2.52. The number of rotatable bonds is 4. The van der Waals surface area contributed by atoms with Crippen LogP contribution < -0.4 is 0 Å². The van der Waals surface area contributed by atoms with E-state index < -0.39 is 0 Å². The Balaban J connectivity index is 2.67. The molecule has 0 aromatic carbocycles. The molecule has 0 aliphatic heterocycles. The summed E-state index contributed by atoms with van der Waals surface area (Å²) in [6.45, 7) is 10.2. The average molecular weight is 256 g/mol. The fourth-order valence-corrected chi connectivity index (χ4v) is 2.70. The minimum atomic E-state index is -0.240. The monoisotopic (exact) mass is 256 g/mol. The first-order valence-electron chi connectivity index (χ1n) is 6.46. The van der Waals surface area contributed by atoms with Crippen LogP contribution in [0.4, 0.5) is 0 Å². The van der Waals surface area contributed by atoms with Crippen LogP contribution in [0.25, 0.3) is 0 Å². The van der Waals surface area contributed by atoms with Gasteiger partial charge in [0, 0.05) is 19.3 Å². The quantitative estimate of drug-likeness (QED) is 0.725. The van der Waals surface area contributed by atoms with E-state index in [-0.39, 0.29) is 22.8 Å². The van der Waals surface area contributed by atoms with Crippen molar-refractivity contribution in [2.24, 2.45) is 16.7 Å². The van der Waals surface area contributed by atoms with Crippen LogP contribution in [-0.4, -0.2) is 25.2 Å². The molecule has 2 atom stereocenters. The molecule has 104 valence electrons. The van der Waals surface area contributed by atoms with Gasteiger partial charge in [-0.1, -0.05) is 20.8 Å². The first kappa shape index (κ1) is 15.0. The molecule has 0 amide bonds. The second kappa shape index (κ2) is 5.29. The number of hydrogen-bond donors (Lipinski definition) is 0. The van der Waals surface area contributed by atoms with Gasteiger partial charge in [-0.3, -0.25) is 9.59 Å². The van der Waals surface area contributed by atoms with Crippen molar-refractivity contribution in [2.45, 2.75) is 47.5 Å². The first-order valence-corrected chi connectivity index (χ1v) is 6.46. The fraction of sp³-hybridized carbons (Fsp3) is 0.857. The second-order valence-electron chi connectivity index (χ2n) is 6.10. The van der Waals surface area contributed by atoms with Gasteiger partial charge in [0.15, 0.2) is 0 Å². The lowest BCUT2D eigenvalue weighted by Crippen LogP contribution is -2.39. The van der Waals surface area contributed by atoms with Gasteiger partial charge in [0.05, 0.1) is 13.2 Å². The van der Waals surface area contributed by atoms with Gasteiger partial charge in [0.25, 0.3) is 0 Å². The first-order chi connectivity index (χ1) is 8.19. The van der Waals surface area contributed by atoms with Crippen LogP contribution in [0.15, 0.2) is 0 Å². The second-order valence-corrected chi connectivity index (χ2v) is 6.10. The van der Waals surface area contributed by atoms with E-state index in [4.69, 9.17) is 9.47 Å². The molecule has 4 nitrogen and oxygen atoms in total. The van der Waals surface area contributed by atoms with Crippen molar-refractivity contribution in [3.8, 4) is 0 Å². The molecule has 0 bridgehead atoms. The number of hydrogen-bond acceptors (Lipinski definition) is 4. The summed E-state index contributed by atoms with van der Waals surface area (Å²) in [6.07, 6.45) is 1.98. The van der Waals surface area contributed by atoms with E-state index in [1.807, 2.05) is 0 Å². The summed E-state index contributed by atoms with van der Waals surface area (Å²) in [5.41, 5.74) is -0.0681. The predicted molar refractivity (Wildman–Crippen MR) is 67.9 cm³/mol. The molecule has 0 aromatic heterocycles. The minimum Gasteiger partial charge on any atom is -0.466 e. The Morgan fingerprint density at radius 2 is 1.67 bits per heavy atom. The van der Waals surface area contributed by atoms with Crippen LogP contribution in [-0.2, 0) is 19.1 Å². The Hall–Kier alpha value is -1.06. The molecule has 1 fully saturated rings. The van der Waals surface area contributed by atoms with Crippen LogP contribution in [0.5, 0.6) is 0 Å². The van der Waals surface area contributed by atoms with Crippen molar-refractivity contribution in [3.63, 3.8) is 0 Å². The number of carbonyl (C=O) groups excluding carboxylic acids is 2. The highest BCUT2D eigenvalue weighted by molar-refractivity contribution is 5.66. The summed E-state index contributed by atoms with van der Waals surface area (Å²) >= 11 is 0. The van der Waals surface area contributed by atoms with Gasteiger partial charge in [-0.15, -0.1) is 0 Å². The molecule has 0 saturated heterocycles. The van der Waals surface area contributed by atoms with Gasteiger partial charge in [-0.2, -0.15) is 0 Å². The Morgan fingerprint density at radius 3 is 2.17 bits per heavy atom. The summed E-state index contributed by atoms with van der Waals surface area (Å²) in [5, 5.41) is 0. The molecule has 0 spiro atoms. The Bertz CT molecular complexity index is 335. The lowest BCUT2D eigenvalue weighted by Gasteiger charge is -2.41. The predicted octanol–water partition coefficient (Wildman–Crippen LogP) is 2.56. The Morgan fingerprint density at radius 1 is 1.11 bits per heavy atom. The molecule has 1 saturated carbocycles. The normalized spacial score (nSPS) is 29.9. The van der Waals surface area contributed by atoms with Crippen molar-refractivity contribution in [1.82, 2.24) is 0 Å². The molecule has 0 N–H and O–H groups in total. The van der Waals surface area contributed by atoms with E-state index in [0.29, 0.717) is 19.1 Å². The van der Waals surface area contributed by atoms with Crippen LogP contribution in [0.1, 0.15) is 47.5 Å². The van der Waals surface area contributed by atoms with Crippen molar-refractivity contribution < 1.29 is 19.1 Å². The molecule has 0 heterocycles. The Kier molecular flexibility index (Phi) is 4.41. The molecule has 18 heavy (non-hydrogen) atoms. The highest BCUT2D eigenvalue weighted by atomic mass is 16.5. The van der Waals surface area contributed by atoms with Crippen LogP contribution >= 0.6 is 0 Å². The lowest BCUT2D eigenvalue weighted by atomic mass is 9.66. The van der Waals surface area contributed by atoms with Crippen molar-refractivity contribution in [2.75, 3.05) is 13.2 Å². The molecular weight excluding hydrogens is 232 g/mol. The number of esters is 2. The van der Waals surface area contributed by atoms with Gasteiger partial charge >= 0.3 is 11.9 Å². The molecule has 0 radical (unpaired) electrons. The van der Waals surface area contributed by atoms with E-state index in [1.165, 1.54) is 13.8 Å². The third kappa shape index (κ3) is 3.03. The third-order valence-corrected chi connectivity index (χ3v) is 4.70. The fourth-order valence-electron chi connectivity index (χ4n) is 2.70. The molecule has 2 unspecified atom stereocenters. The maximum atomic E-state index is 11.0. The molecule has 4 heteroatoms. The SMILES string of the molecule is CC(=O)OCC1CCC(C)(COC(C)=O)C1(C)C.